The van der Waals surface area contributed by atoms with Gasteiger partial charge in [-0.25, -0.2) is 0 Å². The number of hydrogen-bond acceptors (Lipinski definition) is 4. The molecule has 1 aliphatic rings. The summed E-state index contributed by atoms with van der Waals surface area (Å²) in [6, 6.07) is 0.246. The second-order valence-electron chi connectivity index (χ2n) is 5.82. The highest BCUT2D eigenvalue weighted by Crippen LogP contribution is 2.29. The lowest BCUT2D eigenvalue weighted by molar-refractivity contribution is 0.510. The van der Waals surface area contributed by atoms with Gasteiger partial charge in [0.25, 0.3) is 0 Å². The molecule has 21 heavy (non-hydrogen) atoms. The monoisotopic (exact) mass is 330 g/mol. The van der Waals surface area contributed by atoms with Crippen LogP contribution in [0.2, 0.25) is 5.02 Å². The zero-order valence-electron chi connectivity index (χ0n) is 13.1. The molecule has 1 unspecified atom stereocenters. The number of rotatable bonds is 7. The fourth-order valence-electron chi connectivity index (χ4n) is 2.95. The number of nitrogens with two attached hydrogens (primary N) is 1. The zero-order chi connectivity index (χ0) is 15.2. The van der Waals surface area contributed by atoms with E-state index < -0.39 is 0 Å². The minimum Gasteiger partial charge on any atom is -0.271 e. The van der Waals surface area contributed by atoms with Crippen molar-refractivity contribution in [3.8, 4) is 0 Å². The molecule has 1 atom stereocenters. The summed E-state index contributed by atoms with van der Waals surface area (Å²) in [5, 5.41) is 6.07. The van der Waals surface area contributed by atoms with Crippen LogP contribution in [0.1, 0.15) is 50.4 Å². The van der Waals surface area contributed by atoms with E-state index in [0.717, 1.165) is 40.4 Å². The highest BCUT2D eigenvalue weighted by molar-refractivity contribution is 7.99. The third-order valence-corrected chi connectivity index (χ3v) is 6.24. The Balaban J connectivity index is 1.92. The molecule has 1 aliphatic carbocycles. The first-order valence-corrected chi connectivity index (χ1v) is 9.37. The molecule has 0 bridgehead atoms. The van der Waals surface area contributed by atoms with Gasteiger partial charge in [0.15, 0.2) is 0 Å². The quantitative estimate of drug-likeness (QED) is 0.595. The lowest BCUT2D eigenvalue weighted by atomic mass is 10.0. The lowest BCUT2D eigenvalue weighted by Gasteiger charge is -2.24. The first-order valence-electron chi connectivity index (χ1n) is 7.95. The maximum Gasteiger partial charge on any atom is 0.0847 e. The third-order valence-electron chi connectivity index (χ3n) is 4.21. The van der Waals surface area contributed by atoms with Crippen molar-refractivity contribution in [2.75, 3.05) is 5.75 Å². The Morgan fingerprint density at radius 2 is 2.14 bits per heavy atom. The van der Waals surface area contributed by atoms with Crippen molar-refractivity contribution < 1.29 is 0 Å². The van der Waals surface area contributed by atoms with Crippen LogP contribution in [-0.4, -0.2) is 26.8 Å². The second kappa shape index (κ2) is 8.42. The summed E-state index contributed by atoms with van der Waals surface area (Å²) in [5.74, 6) is 6.78. The van der Waals surface area contributed by atoms with Crippen molar-refractivity contribution in [1.29, 1.82) is 0 Å². The van der Waals surface area contributed by atoms with E-state index in [1.165, 1.54) is 32.1 Å². The van der Waals surface area contributed by atoms with Crippen LogP contribution in [0.25, 0.3) is 0 Å². The summed E-state index contributed by atoms with van der Waals surface area (Å²) >= 11 is 8.44. The molecule has 1 saturated carbocycles. The van der Waals surface area contributed by atoms with Gasteiger partial charge < -0.3 is 0 Å². The van der Waals surface area contributed by atoms with Crippen LogP contribution in [0, 0.1) is 6.92 Å². The van der Waals surface area contributed by atoms with Gasteiger partial charge in [0.2, 0.25) is 0 Å². The van der Waals surface area contributed by atoms with E-state index in [-0.39, 0.29) is 6.04 Å². The van der Waals surface area contributed by atoms with Crippen molar-refractivity contribution in [2.45, 2.75) is 70.2 Å². The van der Waals surface area contributed by atoms with Crippen LogP contribution < -0.4 is 11.3 Å². The molecular formula is C15H27ClN4S. The Kier molecular flexibility index (Phi) is 6.86. The molecule has 0 amide bonds. The zero-order valence-corrected chi connectivity index (χ0v) is 14.6. The Labute approximate surface area is 137 Å². The molecule has 6 heteroatoms. The normalized spacial score (nSPS) is 18.1. The average Bonchev–Trinajstić information content (AvgIpc) is 2.79. The Morgan fingerprint density at radius 3 is 2.76 bits per heavy atom. The molecule has 1 fully saturated rings. The molecule has 120 valence electrons. The van der Waals surface area contributed by atoms with Gasteiger partial charge in [0.1, 0.15) is 0 Å². The number of nitrogens with one attached hydrogen (secondary N) is 1. The maximum atomic E-state index is 6.38. The number of aromatic nitrogens is 2. The Bertz CT molecular complexity index is 443. The van der Waals surface area contributed by atoms with E-state index in [1.54, 1.807) is 0 Å². The molecular weight excluding hydrogens is 304 g/mol. The lowest BCUT2D eigenvalue weighted by Crippen LogP contribution is -2.39. The van der Waals surface area contributed by atoms with Crippen LogP contribution in [0.15, 0.2) is 0 Å². The third kappa shape index (κ3) is 4.62. The molecule has 1 aromatic heterocycles. The molecule has 0 aromatic carbocycles. The number of nitrogens with zero attached hydrogens (tertiary/aromatic N) is 2. The van der Waals surface area contributed by atoms with E-state index in [4.69, 9.17) is 17.4 Å². The van der Waals surface area contributed by atoms with Gasteiger partial charge in [-0.05, 0) is 26.7 Å². The van der Waals surface area contributed by atoms with Gasteiger partial charge >= 0.3 is 0 Å². The van der Waals surface area contributed by atoms with Crippen molar-refractivity contribution in [3.63, 3.8) is 0 Å². The van der Waals surface area contributed by atoms with Crippen LogP contribution in [0.3, 0.4) is 0 Å². The standard InChI is InChI=1S/C15H27ClN4S/c1-3-20-14(15(16)11(2)19-20)9-12(18-17)10-21-13-7-5-4-6-8-13/h12-13,18H,3-10,17H2,1-2H3. The molecule has 0 radical (unpaired) electrons. The summed E-state index contributed by atoms with van der Waals surface area (Å²) in [4.78, 5) is 0. The van der Waals surface area contributed by atoms with E-state index in [2.05, 4.69) is 29.2 Å². The first-order chi connectivity index (χ1) is 10.2. The van der Waals surface area contributed by atoms with Crippen LogP contribution in [-0.2, 0) is 13.0 Å². The summed E-state index contributed by atoms with van der Waals surface area (Å²) in [7, 11) is 0. The number of hydrogen-bond donors (Lipinski definition) is 2. The molecule has 0 aliphatic heterocycles. The molecule has 1 heterocycles. The van der Waals surface area contributed by atoms with Crippen molar-refractivity contribution in [2.24, 2.45) is 5.84 Å². The van der Waals surface area contributed by atoms with Gasteiger partial charge in [-0.1, -0.05) is 30.9 Å². The number of hydrazine groups is 1. The van der Waals surface area contributed by atoms with Gasteiger partial charge in [0, 0.05) is 30.0 Å². The molecule has 0 spiro atoms. The average molecular weight is 331 g/mol. The topological polar surface area (TPSA) is 55.9 Å². The highest BCUT2D eigenvalue weighted by Gasteiger charge is 2.20. The molecule has 4 nitrogen and oxygen atoms in total. The Morgan fingerprint density at radius 1 is 1.43 bits per heavy atom. The van der Waals surface area contributed by atoms with E-state index in [1.807, 2.05) is 11.6 Å². The van der Waals surface area contributed by atoms with Gasteiger partial charge in [0.05, 0.1) is 16.4 Å². The fourth-order valence-corrected chi connectivity index (χ4v) is 4.55. The van der Waals surface area contributed by atoms with Crippen molar-refractivity contribution in [1.82, 2.24) is 15.2 Å². The summed E-state index contributed by atoms with van der Waals surface area (Å²) in [5.41, 5.74) is 4.96. The Hall–Kier alpha value is -0.230. The van der Waals surface area contributed by atoms with Crippen LogP contribution in [0.4, 0.5) is 0 Å². The molecule has 2 rings (SSSR count). The van der Waals surface area contributed by atoms with Gasteiger partial charge in [-0.15, -0.1) is 0 Å². The van der Waals surface area contributed by atoms with Crippen LogP contribution in [0.5, 0.6) is 0 Å². The summed E-state index contributed by atoms with van der Waals surface area (Å²) < 4.78 is 1.99. The van der Waals surface area contributed by atoms with Gasteiger partial charge in [-0.3, -0.25) is 16.0 Å². The molecule has 0 saturated heterocycles. The van der Waals surface area contributed by atoms with Crippen LogP contribution >= 0.6 is 23.4 Å². The smallest absolute Gasteiger partial charge is 0.0847 e. The number of aryl methyl sites for hydroxylation is 2. The van der Waals surface area contributed by atoms with Gasteiger partial charge in [-0.2, -0.15) is 16.9 Å². The number of thioether (sulfide) groups is 1. The fraction of sp³-hybridized carbons (Fsp3) is 0.800. The highest BCUT2D eigenvalue weighted by atomic mass is 35.5. The molecule has 1 aromatic rings. The minimum atomic E-state index is 0.246. The summed E-state index contributed by atoms with van der Waals surface area (Å²) in [6.45, 7) is 4.89. The number of halogens is 1. The van der Waals surface area contributed by atoms with E-state index in [0.29, 0.717) is 0 Å². The minimum absolute atomic E-state index is 0.246. The van der Waals surface area contributed by atoms with Crippen molar-refractivity contribution >= 4 is 23.4 Å². The van der Waals surface area contributed by atoms with Crippen molar-refractivity contribution in [3.05, 3.63) is 16.4 Å². The second-order valence-corrected chi connectivity index (χ2v) is 7.53. The SMILES string of the molecule is CCn1nc(C)c(Cl)c1CC(CSC1CCCCC1)NN. The largest absolute Gasteiger partial charge is 0.271 e. The predicted molar refractivity (Wildman–Crippen MR) is 91.8 cm³/mol. The predicted octanol–water partition coefficient (Wildman–Crippen LogP) is 3.31. The maximum absolute atomic E-state index is 6.38. The molecule has 3 N–H and O–H groups in total. The first kappa shape index (κ1) is 17.1. The van der Waals surface area contributed by atoms with E-state index >= 15 is 0 Å². The van der Waals surface area contributed by atoms with E-state index in [9.17, 15) is 0 Å². The summed E-state index contributed by atoms with van der Waals surface area (Å²) in [6.07, 6.45) is 7.71.